The summed E-state index contributed by atoms with van der Waals surface area (Å²) in [7, 11) is 0. The van der Waals surface area contributed by atoms with Crippen molar-refractivity contribution >= 4 is 11.1 Å². The predicted octanol–water partition coefficient (Wildman–Crippen LogP) is 7.13. The van der Waals surface area contributed by atoms with Crippen molar-refractivity contribution in [1.29, 1.82) is 5.26 Å². The monoisotopic (exact) mass is 482 g/mol. The first-order chi connectivity index (χ1) is 17.6. The van der Waals surface area contributed by atoms with E-state index in [1.807, 2.05) is 36.4 Å². The molecule has 1 heterocycles. The van der Waals surface area contributed by atoms with Crippen LogP contribution < -0.4 is 0 Å². The quantitative estimate of drug-likeness (QED) is 0.341. The molecule has 1 aliphatic heterocycles. The summed E-state index contributed by atoms with van der Waals surface area (Å²) < 4.78 is 26.1. The van der Waals surface area contributed by atoms with Crippen LogP contribution in [0.2, 0.25) is 0 Å². The lowest BCUT2D eigenvalue weighted by atomic mass is 9.73. The van der Waals surface area contributed by atoms with E-state index in [2.05, 4.69) is 48.2 Å². The highest BCUT2D eigenvalue weighted by atomic mass is 19.1. The lowest BCUT2D eigenvalue weighted by Gasteiger charge is -2.37. The fourth-order valence-corrected chi connectivity index (χ4v) is 5.77. The minimum Gasteiger partial charge on any atom is -0.302 e. The second-order valence-electron chi connectivity index (χ2n) is 10.2. The number of benzene rings is 3. The van der Waals surface area contributed by atoms with Gasteiger partial charge in [0.05, 0.1) is 18.3 Å². The van der Waals surface area contributed by atoms with Crippen LogP contribution in [0.15, 0.2) is 66.7 Å². The van der Waals surface area contributed by atoms with Crippen molar-refractivity contribution in [3.63, 3.8) is 0 Å². The maximum absolute atomic E-state index is 13.4. The fourth-order valence-electron chi connectivity index (χ4n) is 5.77. The molecule has 0 radical (unpaired) electrons. The number of allylic oxidation sites excluding steroid dienone is 2. The van der Waals surface area contributed by atoms with Gasteiger partial charge < -0.3 is 4.90 Å². The van der Waals surface area contributed by atoms with E-state index in [9.17, 15) is 14.0 Å². The highest BCUT2D eigenvalue weighted by Gasteiger charge is 2.28. The molecule has 36 heavy (non-hydrogen) atoms. The molecule has 4 heteroatoms. The van der Waals surface area contributed by atoms with Crippen molar-refractivity contribution in [2.45, 2.75) is 38.8 Å². The molecule has 184 valence electrons. The van der Waals surface area contributed by atoms with Gasteiger partial charge in [0.1, 0.15) is 6.67 Å². The Balaban J connectivity index is 1.39. The van der Waals surface area contributed by atoms with Crippen LogP contribution in [0.4, 0.5) is 8.78 Å². The molecule has 0 saturated carbocycles. The lowest BCUT2D eigenvalue weighted by molar-refractivity contribution is 0.0801. The third-order valence-corrected chi connectivity index (χ3v) is 7.81. The summed E-state index contributed by atoms with van der Waals surface area (Å²) >= 11 is 0. The number of fused-ring (bicyclic) bond motifs is 1. The Morgan fingerprint density at radius 2 is 1.67 bits per heavy atom. The second-order valence-corrected chi connectivity index (χ2v) is 10.2. The first-order valence-corrected chi connectivity index (χ1v) is 12.9. The molecule has 3 aromatic rings. The Morgan fingerprint density at radius 3 is 2.33 bits per heavy atom. The van der Waals surface area contributed by atoms with Crippen LogP contribution in [0, 0.1) is 17.2 Å². The van der Waals surface area contributed by atoms with Gasteiger partial charge in [0.15, 0.2) is 0 Å². The van der Waals surface area contributed by atoms with E-state index in [-0.39, 0.29) is 18.5 Å². The van der Waals surface area contributed by atoms with Crippen LogP contribution >= 0.6 is 0 Å². The number of hydrogen-bond donors (Lipinski definition) is 0. The predicted molar refractivity (Wildman–Crippen MR) is 142 cm³/mol. The molecule has 1 aliphatic carbocycles. The molecule has 2 nitrogen and oxygen atoms in total. The van der Waals surface area contributed by atoms with Crippen LogP contribution in [0.1, 0.15) is 58.2 Å². The van der Waals surface area contributed by atoms with E-state index in [4.69, 9.17) is 0 Å². The van der Waals surface area contributed by atoms with Gasteiger partial charge in [-0.25, -0.2) is 4.39 Å². The van der Waals surface area contributed by atoms with E-state index in [1.54, 1.807) is 0 Å². The highest BCUT2D eigenvalue weighted by molar-refractivity contribution is 5.95. The Hall–Kier alpha value is -3.29. The molecule has 0 N–H and O–H groups in total. The zero-order chi connectivity index (χ0) is 25.1. The first kappa shape index (κ1) is 24.4. The minimum atomic E-state index is -0.466. The van der Waals surface area contributed by atoms with Gasteiger partial charge in [-0.3, -0.25) is 4.39 Å². The van der Waals surface area contributed by atoms with Gasteiger partial charge in [-0.05, 0) is 95.5 Å². The van der Waals surface area contributed by atoms with Crippen molar-refractivity contribution in [3.05, 3.63) is 106 Å². The molecule has 1 atom stereocenters. The Labute approximate surface area is 212 Å². The van der Waals surface area contributed by atoms with Crippen LogP contribution in [0.5, 0.6) is 0 Å². The average Bonchev–Trinajstić information content (AvgIpc) is 2.90. The smallest absolute Gasteiger partial charge is 0.115 e. The van der Waals surface area contributed by atoms with Gasteiger partial charge in [-0.15, -0.1) is 0 Å². The maximum atomic E-state index is 13.4. The molecule has 0 amide bonds. The summed E-state index contributed by atoms with van der Waals surface area (Å²) in [6.07, 6.45) is 2.97. The molecule has 3 aromatic carbocycles. The highest BCUT2D eigenvalue weighted by Crippen LogP contribution is 2.45. The Bertz CT molecular complexity index is 1280. The maximum Gasteiger partial charge on any atom is 0.115 e. The largest absolute Gasteiger partial charge is 0.302 e. The van der Waals surface area contributed by atoms with E-state index >= 15 is 0 Å². The first-order valence-electron chi connectivity index (χ1n) is 12.9. The summed E-state index contributed by atoms with van der Waals surface area (Å²) in [5.74, 6) is 0.435. The van der Waals surface area contributed by atoms with Crippen molar-refractivity contribution in [1.82, 2.24) is 4.90 Å². The molecular formula is C32H32F2N2. The third kappa shape index (κ3) is 4.99. The van der Waals surface area contributed by atoms with Crippen molar-refractivity contribution in [3.8, 4) is 6.07 Å². The average molecular weight is 483 g/mol. The van der Waals surface area contributed by atoms with Gasteiger partial charge in [-0.1, -0.05) is 48.5 Å². The summed E-state index contributed by atoms with van der Waals surface area (Å²) in [5, 5.41) is 9.25. The number of nitrogens with zero attached hydrogens (tertiary/aromatic N) is 2. The summed E-state index contributed by atoms with van der Waals surface area (Å²) in [4.78, 5) is 2.34. The SMILES string of the molecule is CC1=C(c2ccc(C#N)cc2)C(c2ccc(CCCN3CC(CF)C3)cc2)Cc2ccc(CF)cc21. The Morgan fingerprint density at radius 1 is 0.944 bits per heavy atom. The van der Waals surface area contributed by atoms with Crippen LogP contribution in [-0.2, 0) is 19.5 Å². The topological polar surface area (TPSA) is 27.0 Å². The van der Waals surface area contributed by atoms with Crippen LogP contribution in [-0.4, -0.2) is 31.2 Å². The number of hydrogen-bond acceptors (Lipinski definition) is 2. The summed E-state index contributed by atoms with van der Waals surface area (Å²) in [6.45, 7) is 4.30. The molecular weight excluding hydrogens is 450 g/mol. The molecule has 5 rings (SSSR count). The van der Waals surface area contributed by atoms with Crippen LogP contribution in [0.25, 0.3) is 11.1 Å². The summed E-state index contributed by atoms with van der Waals surface area (Å²) in [6, 6.07) is 25.0. The van der Waals surface area contributed by atoms with Gasteiger partial charge in [0.2, 0.25) is 0 Å². The number of likely N-dealkylation sites (tertiary alicyclic amines) is 1. The molecule has 0 bridgehead atoms. The van der Waals surface area contributed by atoms with E-state index in [0.717, 1.165) is 50.0 Å². The zero-order valence-corrected chi connectivity index (χ0v) is 20.8. The lowest BCUT2D eigenvalue weighted by Crippen LogP contribution is -2.47. The molecule has 1 saturated heterocycles. The molecule has 1 unspecified atom stereocenters. The molecule has 2 aliphatic rings. The van der Waals surface area contributed by atoms with Gasteiger partial charge in [-0.2, -0.15) is 5.26 Å². The normalized spacial score (nSPS) is 18.0. The number of halogens is 2. The number of rotatable bonds is 8. The van der Waals surface area contributed by atoms with Crippen molar-refractivity contribution in [2.24, 2.45) is 5.92 Å². The van der Waals surface area contributed by atoms with E-state index in [1.165, 1.54) is 27.8 Å². The Kier molecular flexibility index (Phi) is 7.30. The second kappa shape index (κ2) is 10.8. The molecule has 0 aromatic heterocycles. The minimum absolute atomic E-state index is 0.189. The standard InChI is InChI=1S/C32H32F2N2/c1-22-30-15-25(17-33)8-13-29(30)16-31(32(22)28-11-6-24(19-35)7-12-28)27-9-4-23(5-10-27)3-2-14-36-20-26(18-34)21-36/h4-13,15,26,31H,2-3,14,16-18,20-21H2,1H3. The van der Waals surface area contributed by atoms with E-state index < -0.39 is 6.67 Å². The van der Waals surface area contributed by atoms with Gasteiger partial charge >= 0.3 is 0 Å². The number of nitriles is 1. The molecule has 0 spiro atoms. The van der Waals surface area contributed by atoms with Crippen LogP contribution in [0.3, 0.4) is 0 Å². The van der Waals surface area contributed by atoms with Crippen molar-refractivity contribution < 1.29 is 8.78 Å². The molecule has 1 fully saturated rings. The number of alkyl halides is 2. The fraction of sp³-hybridized carbons (Fsp3) is 0.344. The van der Waals surface area contributed by atoms with Crippen molar-refractivity contribution in [2.75, 3.05) is 26.3 Å². The third-order valence-electron chi connectivity index (χ3n) is 7.81. The van der Waals surface area contributed by atoms with Gasteiger partial charge in [0, 0.05) is 24.9 Å². The summed E-state index contributed by atoms with van der Waals surface area (Å²) in [5.41, 5.74) is 9.84. The zero-order valence-electron chi connectivity index (χ0n) is 20.8. The number of aryl methyl sites for hydroxylation is 1. The van der Waals surface area contributed by atoms with Gasteiger partial charge in [0.25, 0.3) is 0 Å². The van der Waals surface area contributed by atoms with E-state index in [0.29, 0.717) is 11.1 Å².